The molecule has 1 N–H and O–H groups in total. The molecule has 112 valence electrons. The topological polar surface area (TPSA) is 83.7 Å². The Bertz CT molecular complexity index is 550. The predicted octanol–water partition coefficient (Wildman–Crippen LogP) is 2.53. The zero-order valence-corrected chi connectivity index (χ0v) is 12.4. The second-order valence-corrected chi connectivity index (χ2v) is 4.40. The Labute approximate surface area is 124 Å². The largest absolute Gasteiger partial charge is 0.489 e. The maximum Gasteiger partial charge on any atom is 0.221 e. The Morgan fingerprint density at radius 3 is 2.90 bits per heavy atom. The highest BCUT2D eigenvalue weighted by Gasteiger charge is 2.07. The number of anilines is 1. The molecule has 0 aliphatic rings. The van der Waals surface area contributed by atoms with Crippen molar-refractivity contribution in [3.63, 3.8) is 0 Å². The van der Waals surface area contributed by atoms with Gasteiger partial charge in [-0.15, -0.1) is 0 Å². The van der Waals surface area contributed by atoms with Crippen LogP contribution in [0, 0.1) is 17.2 Å². The van der Waals surface area contributed by atoms with Crippen LogP contribution in [0.1, 0.15) is 13.8 Å². The Morgan fingerprint density at radius 2 is 2.29 bits per heavy atom. The monoisotopic (exact) mass is 289 g/mol. The molecule has 0 aliphatic carbocycles. The van der Waals surface area contributed by atoms with E-state index in [-0.39, 0.29) is 11.8 Å². The second-order valence-electron chi connectivity index (χ2n) is 4.40. The number of nitrogens with zero attached hydrogens (tertiary/aromatic N) is 2. The first-order chi connectivity index (χ1) is 10.1. The van der Waals surface area contributed by atoms with E-state index in [9.17, 15) is 4.79 Å². The van der Waals surface area contributed by atoms with Gasteiger partial charge >= 0.3 is 0 Å². The van der Waals surface area contributed by atoms with Crippen molar-refractivity contribution < 1.29 is 14.3 Å². The maximum absolute atomic E-state index is 11.2. The van der Waals surface area contributed by atoms with Gasteiger partial charge in [0.2, 0.25) is 5.91 Å². The lowest BCUT2D eigenvalue weighted by Crippen LogP contribution is -2.10. The summed E-state index contributed by atoms with van der Waals surface area (Å²) < 4.78 is 10.5. The van der Waals surface area contributed by atoms with E-state index in [4.69, 9.17) is 14.7 Å². The van der Waals surface area contributed by atoms with Crippen LogP contribution in [-0.2, 0) is 9.53 Å². The number of nitrogens with one attached hydrogen (secondary N) is 1. The molecule has 0 aliphatic heterocycles. The zero-order chi connectivity index (χ0) is 15.7. The number of carbonyl (C=O) groups is 1. The number of nitriles is 1. The molecule has 6 nitrogen and oxygen atoms in total. The molecule has 1 aromatic rings. The molecule has 1 rings (SSSR count). The summed E-state index contributed by atoms with van der Waals surface area (Å²) in [5, 5.41) is 11.4. The van der Waals surface area contributed by atoms with Crippen molar-refractivity contribution in [3.05, 3.63) is 18.2 Å². The summed E-state index contributed by atoms with van der Waals surface area (Å²) in [6, 6.07) is 7.25. The third-order valence-electron chi connectivity index (χ3n) is 2.47. The summed E-state index contributed by atoms with van der Waals surface area (Å²) >= 11 is 0. The Hall–Kier alpha value is -2.39. The number of hydrogen-bond donors (Lipinski definition) is 1. The molecule has 0 fully saturated rings. The van der Waals surface area contributed by atoms with Crippen LogP contribution in [0.25, 0.3) is 0 Å². The molecule has 0 saturated heterocycles. The SMILES string of the molecule is COCCOc1cc(N=CC(C)C#N)ccc1NC(C)=O. The summed E-state index contributed by atoms with van der Waals surface area (Å²) in [5.41, 5.74) is 1.23. The van der Waals surface area contributed by atoms with E-state index >= 15 is 0 Å². The van der Waals surface area contributed by atoms with Gasteiger partial charge in [0, 0.05) is 26.3 Å². The van der Waals surface area contributed by atoms with Crippen LogP contribution >= 0.6 is 0 Å². The number of benzene rings is 1. The fourth-order valence-corrected chi connectivity index (χ4v) is 1.47. The lowest BCUT2D eigenvalue weighted by molar-refractivity contribution is -0.114. The predicted molar refractivity (Wildman–Crippen MR) is 81.0 cm³/mol. The molecular weight excluding hydrogens is 270 g/mol. The number of carbonyl (C=O) groups excluding carboxylic acids is 1. The number of aliphatic imine (C=N–C) groups is 1. The summed E-state index contributed by atoms with van der Waals surface area (Å²) in [4.78, 5) is 15.4. The highest BCUT2D eigenvalue weighted by molar-refractivity contribution is 5.90. The molecular formula is C15H19N3O3. The minimum Gasteiger partial charge on any atom is -0.489 e. The molecule has 0 aromatic heterocycles. The van der Waals surface area contributed by atoms with E-state index in [2.05, 4.69) is 16.4 Å². The lowest BCUT2D eigenvalue weighted by Gasteiger charge is -2.12. The van der Waals surface area contributed by atoms with Crippen LogP contribution in [0.2, 0.25) is 0 Å². The van der Waals surface area contributed by atoms with E-state index in [1.807, 2.05) is 0 Å². The zero-order valence-electron chi connectivity index (χ0n) is 12.4. The molecule has 21 heavy (non-hydrogen) atoms. The Balaban J connectivity index is 2.93. The van der Waals surface area contributed by atoms with Gasteiger partial charge in [0.15, 0.2) is 0 Å². The molecule has 0 radical (unpaired) electrons. The van der Waals surface area contributed by atoms with E-state index in [1.54, 1.807) is 38.4 Å². The van der Waals surface area contributed by atoms with Crippen molar-refractivity contribution in [2.24, 2.45) is 10.9 Å². The number of ether oxygens (including phenoxy) is 2. The van der Waals surface area contributed by atoms with Gasteiger partial charge in [0.1, 0.15) is 12.4 Å². The molecule has 0 spiro atoms. The van der Waals surface area contributed by atoms with Gasteiger partial charge in [-0.25, -0.2) is 0 Å². The molecule has 0 bridgehead atoms. The van der Waals surface area contributed by atoms with Crippen molar-refractivity contribution in [3.8, 4) is 11.8 Å². The molecule has 6 heteroatoms. The van der Waals surface area contributed by atoms with Gasteiger partial charge in [-0.05, 0) is 19.1 Å². The van der Waals surface area contributed by atoms with Gasteiger partial charge in [-0.3, -0.25) is 9.79 Å². The third kappa shape index (κ3) is 6.06. The quantitative estimate of drug-likeness (QED) is 0.617. The summed E-state index contributed by atoms with van der Waals surface area (Å²) in [7, 11) is 1.59. The first kappa shape index (κ1) is 16.7. The third-order valence-corrected chi connectivity index (χ3v) is 2.47. The Kier molecular flexibility index (Phi) is 6.92. The number of hydrogen-bond acceptors (Lipinski definition) is 5. The van der Waals surface area contributed by atoms with Gasteiger partial charge < -0.3 is 14.8 Å². The Morgan fingerprint density at radius 1 is 1.52 bits per heavy atom. The van der Waals surface area contributed by atoms with E-state index in [0.717, 1.165) is 0 Å². The average molecular weight is 289 g/mol. The molecule has 1 aromatic carbocycles. The first-order valence-corrected chi connectivity index (χ1v) is 6.54. The maximum atomic E-state index is 11.2. The van der Waals surface area contributed by atoms with Crippen LogP contribution in [0.4, 0.5) is 11.4 Å². The van der Waals surface area contributed by atoms with Crippen LogP contribution in [0.15, 0.2) is 23.2 Å². The van der Waals surface area contributed by atoms with Gasteiger partial charge in [0.25, 0.3) is 0 Å². The molecule has 1 unspecified atom stereocenters. The van der Waals surface area contributed by atoms with Crippen molar-refractivity contribution >= 4 is 23.5 Å². The average Bonchev–Trinajstić information content (AvgIpc) is 2.46. The van der Waals surface area contributed by atoms with Crippen molar-refractivity contribution in [2.45, 2.75) is 13.8 Å². The molecule has 1 amide bonds. The van der Waals surface area contributed by atoms with Crippen molar-refractivity contribution in [1.29, 1.82) is 5.26 Å². The van der Waals surface area contributed by atoms with Gasteiger partial charge in [-0.2, -0.15) is 5.26 Å². The smallest absolute Gasteiger partial charge is 0.221 e. The van der Waals surface area contributed by atoms with Crippen LogP contribution in [0.5, 0.6) is 5.75 Å². The van der Waals surface area contributed by atoms with Crippen LogP contribution in [0.3, 0.4) is 0 Å². The van der Waals surface area contributed by atoms with Crippen LogP contribution in [-0.4, -0.2) is 32.4 Å². The highest BCUT2D eigenvalue weighted by Crippen LogP contribution is 2.29. The van der Waals surface area contributed by atoms with Crippen molar-refractivity contribution in [1.82, 2.24) is 0 Å². The summed E-state index contributed by atoms with van der Waals surface area (Å²) in [6.45, 7) is 3.99. The van der Waals surface area contributed by atoms with E-state index < -0.39 is 0 Å². The minimum absolute atomic E-state index is 0.180. The number of methoxy groups -OCH3 is 1. The first-order valence-electron chi connectivity index (χ1n) is 6.54. The second kappa shape index (κ2) is 8.72. The standard InChI is InChI=1S/C15H19N3O3/c1-11(9-16)10-17-13-4-5-14(18-12(2)19)15(8-13)21-7-6-20-3/h4-5,8,10-11H,6-7H2,1-3H3,(H,18,19). The molecule has 1 atom stereocenters. The van der Waals surface area contributed by atoms with Crippen molar-refractivity contribution in [2.75, 3.05) is 25.6 Å². The number of rotatable bonds is 7. The fourth-order valence-electron chi connectivity index (χ4n) is 1.47. The van der Waals surface area contributed by atoms with E-state index in [0.29, 0.717) is 30.3 Å². The van der Waals surface area contributed by atoms with Crippen LogP contribution < -0.4 is 10.1 Å². The van der Waals surface area contributed by atoms with E-state index in [1.165, 1.54) is 6.92 Å². The van der Waals surface area contributed by atoms with Gasteiger partial charge in [-0.1, -0.05) is 0 Å². The summed E-state index contributed by atoms with van der Waals surface area (Å²) in [5.74, 6) is 0.0698. The normalized spacial score (nSPS) is 11.9. The highest BCUT2D eigenvalue weighted by atomic mass is 16.5. The molecule has 0 heterocycles. The summed E-state index contributed by atoms with van der Waals surface area (Å²) in [6.07, 6.45) is 1.56. The fraction of sp³-hybridized carbons (Fsp3) is 0.400. The molecule has 0 saturated carbocycles. The number of amides is 1. The minimum atomic E-state index is -0.266. The lowest BCUT2D eigenvalue weighted by atomic mass is 10.2. The van der Waals surface area contributed by atoms with Gasteiger partial charge in [0.05, 0.1) is 30.0 Å².